The minimum absolute atomic E-state index is 0.141. The number of alkyl halides is 3. The van der Waals surface area contributed by atoms with Crippen LogP contribution in [0.2, 0.25) is 5.02 Å². The Morgan fingerprint density at radius 3 is 2.03 bits per heavy atom. The Balaban J connectivity index is 0.000000284. The number of aryl methyl sites for hydroxylation is 1. The van der Waals surface area contributed by atoms with E-state index in [0.717, 1.165) is 130 Å². The zero-order chi connectivity index (χ0) is 69.1. The summed E-state index contributed by atoms with van der Waals surface area (Å²) in [6.07, 6.45) is 4.64. The van der Waals surface area contributed by atoms with Crippen LogP contribution in [0.4, 0.5) is 30.2 Å². The summed E-state index contributed by atoms with van der Waals surface area (Å²) >= 11 is 8.42. The average Bonchev–Trinajstić information content (AvgIpc) is 0.811. The molecule has 1 aliphatic carbocycles. The Labute approximate surface area is 577 Å². The van der Waals surface area contributed by atoms with Crippen LogP contribution in [0.3, 0.4) is 0 Å². The van der Waals surface area contributed by atoms with Crippen molar-refractivity contribution in [1.29, 1.82) is 0 Å². The fourth-order valence-electron chi connectivity index (χ4n) is 11.6. The number of thioether (sulfide) groups is 1. The highest BCUT2D eigenvalue weighted by molar-refractivity contribution is 7.99. The SMILES string of the molecule is CC1(C)CCC(c2ccc(Cl)cc2)=C(CN2CCN(c3ccc(C(=O)NSc4ccc(NCCSc5ccccc5)c(S(=O)(=O)C(F)(F)F)c4)cc3)CC2)C1.CCCC(C(=O)NC=O)N(C=O)C(=O)c1c(C)cccc1NCCOCCOCCOCCN1CCN(CC)CC1. The number of anilines is 3. The Morgan fingerprint density at radius 1 is 0.740 bits per heavy atom. The first kappa shape index (κ1) is 76.8. The van der Waals surface area contributed by atoms with Crippen molar-refractivity contribution in [3.8, 4) is 0 Å². The van der Waals surface area contributed by atoms with Crippen molar-refractivity contribution >= 4 is 98.3 Å². The molecule has 5 amide bonds. The van der Waals surface area contributed by atoms with Gasteiger partial charge in [-0.2, -0.15) is 13.2 Å². The maximum atomic E-state index is 13.7. The molecule has 1 atom stereocenters. The van der Waals surface area contributed by atoms with Gasteiger partial charge in [-0.05, 0) is 146 Å². The highest BCUT2D eigenvalue weighted by Gasteiger charge is 2.48. The number of hydrogen-bond acceptors (Lipinski definition) is 18. The van der Waals surface area contributed by atoms with Crippen LogP contribution in [0, 0.1) is 12.3 Å². The predicted octanol–water partition coefficient (Wildman–Crippen LogP) is 11.2. The molecule has 5 aromatic rings. The Hall–Kier alpha value is -6.52. The van der Waals surface area contributed by atoms with Crippen molar-refractivity contribution in [2.75, 3.05) is 146 Å². The summed E-state index contributed by atoms with van der Waals surface area (Å²) in [5.74, 6) is -1.27. The first-order valence-corrected chi connectivity index (χ1v) is 36.2. The molecule has 26 heteroatoms. The summed E-state index contributed by atoms with van der Waals surface area (Å²) in [4.78, 5) is 72.2. The quantitative estimate of drug-likeness (QED) is 0.0131. The van der Waals surface area contributed by atoms with Crippen LogP contribution in [-0.4, -0.2) is 201 Å². The van der Waals surface area contributed by atoms with Crippen LogP contribution in [0.1, 0.15) is 91.6 Å². The van der Waals surface area contributed by atoms with E-state index in [0.29, 0.717) is 81.6 Å². The van der Waals surface area contributed by atoms with E-state index in [9.17, 15) is 45.6 Å². The van der Waals surface area contributed by atoms with Crippen molar-refractivity contribution < 1.29 is 59.8 Å². The fraction of sp³-hybridized carbons (Fsp3) is 0.471. The second kappa shape index (κ2) is 38.6. The third-order valence-corrected chi connectivity index (χ3v) is 20.5. The number of halogens is 4. The highest BCUT2D eigenvalue weighted by Crippen LogP contribution is 2.43. The second-order valence-corrected chi connectivity index (χ2v) is 28.6. The minimum Gasteiger partial charge on any atom is -0.383 e. The molecule has 96 heavy (non-hydrogen) atoms. The third-order valence-electron chi connectivity index (χ3n) is 16.9. The van der Waals surface area contributed by atoms with Gasteiger partial charge in [0.2, 0.25) is 18.7 Å². The first-order valence-electron chi connectivity index (χ1n) is 32.6. The number of imide groups is 2. The predicted molar refractivity (Wildman–Crippen MR) is 376 cm³/mol. The largest absolute Gasteiger partial charge is 0.501 e. The summed E-state index contributed by atoms with van der Waals surface area (Å²) in [6.45, 7) is 25.1. The summed E-state index contributed by atoms with van der Waals surface area (Å²) in [7, 11) is -5.67. The number of likely N-dealkylation sites (N-methyl/N-ethyl adjacent to an activating group) is 1. The average molecular weight is 1410 g/mol. The van der Waals surface area contributed by atoms with Gasteiger partial charge in [0.25, 0.3) is 21.7 Å². The van der Waals surface area contributed by atoms with Gasteiger partial charge in [-0.1, -0.05) is 93.8 Å². The van der Waals surface area contributed by atoms with E-state index in [1.807, 2.05) is 66.8 Å². The molecule has 2 saturated heterocycles. The molecule has 19 nitrogen and oxygen atoms in total. The van der Waals surface area contributed by atoms with Crippen LogP contribution < -0.4 is 25.6 Å². The molecule has 2 fully saturated rings. The molecule has 3 aliphatic rings. The van der Waals surface area contributed by atoms with Crippen molar-refractivity contribution in [2.45, 2.75) is 93.0 Å². The normalized spacial score (nSPS) is 15.8. The van der Waals surface area contributed by atoms with Crippen LogP contribution in [0.15, 0.2) is 136 Å². The van der Waals surface area contributed by atoms with Gasteiger partial charge in [-0.3, -0.25) is 48.7 Å². The molecule has 0 radical (unpaired) electrons. The van der Waals surface area contributed by atoms with Gasteiger partial charge in [0.05, 0.1) is 50.9 Å². The summed E-state index contributed by atoms with van der Waals surface area (Å²) in [5, 5.41) is 8.81. The monoisotopic (exact) mass is 1410 g/mol. The molecule has 0 spiro atoms. The molecule has 4 N–H and O–H groups in total. The molecule has 0 bridgehead atoms. The Kier molecular flexibility index (Phi) is 30.9. The molecule has 522 valence electrons. The van der Waals surface area contributed by atoms with E-state index in [1.165, 1.54) is 40.6 Å². The molecular formula is C70H91ClF3N9O10S3. The van der Waals surface area contributed by atoms with Crippen molar-refractivity contribution in [3.63, 3.8) is 0 Å². The molecule has 2 aliphatic heterocycles. The van der Waals surface area contributed by atoms with Gasteiger partial charge in [0.1, 0.15) is 10.9 Å². The number of amides is 5. The van der Waals surface area contributed by atoms with Gasteiger partial charge in [0.15, 0.2) is 0 Å². The molecule has 8 rings (SSSR count). The number of nitrogens with one attached hydrogen (secondary N) is 4. The summed E-state index contributed by atoms with van der Waals surface area (Å²) < 4.78 is 85.6. The Morgan fingerprint density at radius 2 is 1.39 bits per heavy atom. The number of carbonyl (C=O) groups is 5. The molecule has 0 saturated carbocycles. The topological polar surface area (TPSA) is 211 Å². The molecule has 5 aromatic carbocycles. The number of allylic oxidation sites excluding steroid dienone is 1. The fourth-order valence-corrected chi connectivity index (χ4v) is 14.1. The number of benzene rings is 5. The minimum atomic E-state index is -5.67. The van der Waals surface area contributed by atoms with Crippen LogP contribution in [0.25, 0.3) is 5.57 Å². The van der Waals surface area contributed by atoms with Gasteiger partial charge >= 0.3 is 5.51 Å². The van der Waals surface area contributed by atoms with E-state index in [1.54, 1.807) is 37.3 Å². The molecular weight excluding hydrogens is 1320 g/mol. The number of carbonyl (C=O) groups excluding carboxylic acids is 5. The highest BCUT2D eigenvalue weighted by atomic mass is 35.5. The summed E-state index contributed by atoms with van der Waals surface area (Å²) in [6, 6.07) is 32.8. The number of ether oxygens (including phenoxy) is 3. The van der Waals surface area contributed by atoms with Crippen LogP contribution >= 0.6 is 35.3 Å². The number of piperazine rings is 2. The summed E-state index contributed by atoms with van der Waals surface area (Å²) in [5.41, 5.74) is 1.63. The molecule has 1 unspecified atom stereocenters. The number of nitrogens with zero attached hydrogens (tertiary/aromatic N) is 5. The van der Waals surface area contributed by atoms with Crippen molar-refractivity contribution in [2.24, 2.45) is 5.41 Å². The molecule has 2 heterocycles. The number of sulfone groups is 1. The van der Waals surface area contributed by atoms with Gasteiger partial charge < -0.3 is 34.6 Å². The van der Waals surface area contributed by atoms with Crippen molar-refractivity contribution in [1.82, 2.24) is 29.6 Å². The lowest BCUT2D eigenvalue weighted by Crippen LogP contribution is -2.49. The number of hydrogen-bond donors (Lipinski definition) is 4. The van der Waals surface area contributed by atoms with Crippen LogP contribution in [0.5, 0.6) is 0 Å². The zero-order valence-corrected chi connectivity index (χ0v) is 58.6. The van der Waals surface area contributed by atoms with Crippen molar-refractivity contribution in [3.05, 3.63) is 148 Å². The van der Waals surface area contributed by atoms with E-state index in [4.69, 9.17) is 25.8 Å². The Bertz CT molecular complexity index is 3450. The van der Waals surface area contributed by atoms with E-state index < -0.39 is 44.0 Å². The van der Waals surface area contributed by atoms with E-state index >= 15 is 0 Å². The first-order chi connectivity index (χ1) is 46.1. The lowest BCUT2D eigenvalue weighted by molar-refractivity contribution is -0.133. The smallest absolute Gasteiger partial charge is 0.383 e. The van der Waals surface area contributed by atoms with E-state index in [-0.39, 0.29) is 40.9 Å². The zero-order valence-electron chi connectivity index (χ0n) is 55.4. The standard InChI is InChI=1S/C41H44ClF3N4O3S3.C29H47N5O7/c1-40(2)19-18-36(29-8-12-32(42)13-9-29)31(27-40)28-48-21-23-49(24-22-48)33-14-10-30(11-15-33)39(50)47-54-35-16-17-37(38(26-35)55(51,52)41(43,44)45)46-20-25-53-34-6-4-3-5-7-34;1-4-7-26(28(37)31-22-35)34(23-36)29(38)27-24(3)8-6-9-25(27)30-10-16-39-18-20-41-21-19-40-17-15-33-13-11-32(5-2)12-14-33/h3-17,26,46H,18-25,27-28H2,1-2H3,(H,47,50);6,8-9,22-23,26,30H,4-5,7,10-21H2,1-3H3,(H,31,35,37). The third kappa shape index (κ3) is 23.3. The van der Waals surface area contributed by atoms with Crippen LogP contribution in [-0.2, 0) is 38.4 Å². The van der Waals surface area contributed by atoms with Gasteiger partial charge in [0, 0.05) is 116 Å². The lowest BCUT2D eigenvalue weighted by Gasteiger charge is -2.39. The lowest BCUT2D eigenvalue weighted by atomic mass is 9.73. The van der Waals surface area contributed by atoms with Gasteiger partial charge in [-0.15, -0.1) is 11.8 Å². The maximum absolute atomic E-state index is 13.7. The van der Waals surface area contributed by atoms with E-state index in [2.05, 4.69) is 67.9 Å². The number of rotatable bonds is 34. The van der Waals surface area contributed by atoms with Gasteiger partial charge in [-0.25, -0.2) is 8.42 Å². The molecule has 0 aromatic heterocycles. The maximum Gasteiger partial charge on any atom is 0.501 e. The second-order valence-electron chi connectivity index (χ2n) is 24.3.